The van der Waals surface area contributed by atoms with Crippen LogP contribution in [-0.2, 0) is 13.0 Å². The number of aromatic nitrogens is 2. The molecular formula is C28H25ClFN5O3. The fourth-order valence-electron chi connectivity index (χ4n) is 5.22. The molecule has 10 heteroatoms. The van der Waals surface area contributed by atoms with Crippen molar-refractivity contribution in [1.82, 2.24) is 14.9 Å². The first-order valence-electron chi connectivity index (χ1n) is 12.3. The predicted molar refractivity (Wildman–Crippen MR) is 145 cm³/mol. The third-order valence-electron chi connectivity index (χ3n) is 7.20. The van der Waals surface area contributed by atoms with Crippen molar-refractivity contribution in [3.63, 3.8) is 0 Å². The van der Waals surface area contributed by atoms with Crippen molar-refractivity contribution in [3.8, 4) is 17.0 Å². The van der Waals surface area contributed by atoms with E-state index in [-0.39, 0.29) is 29.6 Å². The molecule has 2 N–H and O–H groups in total. The molecule has 0 radical (unpaired) electrons. The highest BCUT2D eigenvalue weighted by molar-refractivity contribution is 6.36. The summed E-state index contributed by atoms with van der Waals surface area (Å²) in [4.78, 5) is 24.0. The van der Waals surface area contributed by atoms with E-state index in [0.717, 1.165) is 25.2 Å². The van der Waals surface area contributed by atoms with Gasteiger partial charge in [-0.3, -0.25) is 4.90 Å². The Kier molecular flexibility index (Phi) is 6.04. The van der Waals surface area contributed by atoms with Gasteiger partial charge < -0.3 is 20.1 Å². The Labute approximate surface area is 223 Å². The van der Waals surface area contributed by atoms with Gasteiger partial charge in [0.25, 0.3) is 0 Å². The largest absolute Gasteiger partial charge is 0.474 e. The molecule has 0 atom stereocenters. The van der Waals surface area contributed by atoms with Crippen LogP contribution >= 0.6 is 11.6 Å². The lowest BCUT2D eigenvalue weighted by Crippen LogP contribution is -2.37. The average molecular weight is 534 g/mol. The van der Waals surface area contributed by atoms with Crippen molar-refractivity contribution in [1.29, 1.82) is 0 Å². The number of pyridine rings is 2. The highest BCUT2D eigenvalue weighted by Gasteiger charge is 2.29. The zero-order valence-electron chi connectivity index (χ0n) is 20.9. The van der Waals surface area contributed by atoms with Crippen LogP contribution in [0.4, 0.5) is 26.4 Å². The molecule has 0 bridgehead atoms. The van der Waals surface area contributed by atoms with E-state index in [2.05, 4.69) is 39.4 Å². The molecule has 6 rings (SSSR count). The lowest BCUT2D eigenvalue weighted by atomic mass is 9.97. The van der Waals surface area contributed by atoms with Crippen LogP contribution in [-0.4, -0.2) is 52.8 Å². The predicted octanol–water partition coefficient (Wildman–Crippen LogP) is 6.01. The van der Waals surface area contributed by atoms with Gasteiger partial charge in [-0.15, -0.1) is 0 Å². The number of halogens is 2. The van der Waals surface area contributed by atoms with E-state index in [1.807, 2.05) is 12.1 Å². The summed E-state index contributed by atoms with van der Waals surface area (Å²) in [7, 11) is 2.11. The molecule has 8 nitrogen and oxygen atoms in total. The summed E-state index contributed by atoms with van der Waals surface area (Å²) in [6.45, 7) is 4.03. The molecule has 2 aliphatic rings. The monoisotopic (exact) mass is 533 g/mol. The van der Waals surface area contributed by atoms with Crippen molar-refractivity contribution < 1.29 is 19.0 Å². The number of hydrogen-bond acceptors (Lipinski definition) is 6. The molecule has 0 unspecified atom stereocenters. The molecule has 2 aliphatic heterocycles. The number of fused-ring (bicyclic) bond motifs is 3. The Morgan fingerprint density at radius 2 is 1.97 bits per heavy atom. The third-order valence-corrected chi connectivity index (χ3v) is 7.57. The molecule has 0 aliphatic carbocycles. The van der Waals surface area contributed by atoms with Gasteiger partial charge in [0, 0.05) is 47.7 Å². The first kappa shape index (κ1) is 24.4. The third kappa shape index (κ3) is 4.17. The quantitative estimate of drug-likeness (QED) is 0.333. The van der Waals surface area contributed by atoms with Crippen LogP contribution in [0.1, 0.15) is 16.7 Å². The van der Waals surface area contributed by atoms with Gasteiger partial charge in [0.2, 0.25) is 5.88 Å². The van der Waals surface area contributed by atoms with Crippen LogP contribution in [0.15, 0.2) is 42.7 Å². The normalized spacial score (nSPS) is 15.1. The second-order valence-corrected chi connectivity index (χ2v) is 10.1. The van der Waals surface area contributed by atoms with Gasteiger partial charge in [0.1, 0.15) is 23.9 Å². The Balaban J connectivity index is 1.40. The van der Waals surface area contributed by atoms with E-state index >= 15 is 4.39 Å². The lowest BCUT2D eigenvalue weighted by molar-refractivity contribution is 0.196. The number of hydrogen-bond donors (Lipinski definition) is 2. The fraction of sp³-hybridized carbons (Fsp3) is 0.250. The molecule has 38 heavy (non-hydrogen) atoms. The van der Waals surface area contributed by atoms with E-state index in [9.17, 15) is 9.90 Å². The summed E-state index contributed by atoms with van der Waals surface area (Å²) >= 11 is 6.47. The number of rotatable bonds is 3. The van der Waals surface area contributed by atoms with Gasteiger partial charge in [0.15, 0.2) is 0 Å². The number of nitrogens with one attached hydrogen (secondary N) is 1. The summed E-state index contributed by atoms with van der Waals surface area (Å²) in [5.74, 6) is 0.184. The molecule has 4 aromatic rings. The molecule has 2 aromatic carbocycles. The molecule has 0 saturated carbocycles. The second kappa shape index (κ2) is 9.41. The van der Waals surface area contributed by atoms with Crippen LogP contribution in [0.3, 0.4) is 0 Å². The fourth-order valence-corrected chi connectivity index (χ4v) is 5.48. The number of carboxylic acid groups (broad SMARTS) is 1. The minimum absolute atomic E-state index is 0.0585. The van der Waals surface area contributed by atoms with E-state index in [0.29, 0.717) is 33.4 Å². The number of ether oxygens (including phenoxy) is 1. The Morgan fingerprint density at radius 3 is 2.79 bits per heavy atom. The maximum absolute atomic E-state index is 15.6. The number of anilines is 3. The summed E-state index contributed by atoms with van der Waals surface area (Å²) in [6, 6.07) is 9.84. The molecule has 1 amide bonds. The summed E-state index contributed by atoms with van der Waals surface area (Å²) in [6.07, 6.45) is 2.95. The van der Waals surface area contributed by atoms with Crippen molar-refractivity contribution in [2.45, 2.75) is 19.9 Å². The molecule has 194 valence electrons. The molecule has 2 aromatic heterocycles. The highest BCUT2D eigenvalue weighted by atomic mass is 35.5. The minimum atomic E-state index is -1.12. The summed E-state index contributed by atoms with van der Waals surface area (Å²) in [5, 5.41) is 14.1. The van der Waals surface area contributed by atoms with Gasteiger partial charge in [0.05, 0.1) is 11.6 Å². The van der Waals surface area contributed by atoms with E-state index < -0.39 is 11.9 Å². The smallest absolute Gasteiger partial charge is 0.412 e. The maximum atomic E-state index is 15.6. The first-order chi connectivity index (χ1) is 18.3. The van der Waals surface area contributed by atoms with Crippen molar-refractivity contribution >= 4 is 45.7 Å². The summed E-state index contributed by atoms with van der Waals surface area (Å²) < 4.78 is 21.1. The van der Waals surface area contributed by atoms with Gasteiger partial charge >= 0.3 is 6.09 Å². The van der Waals surface area contributed by atoms with E-state index in [4.69, 9.17) is 16.3 Å². The minimum Gasteiger partial charge on any atom is -0.474 e. The van der Waals surface area contributed by atoms with Crippen LogP contribution < -0.4 is 15.0 Å². The zero-order valence-corrected chi connectivity index (χ0v) is 21.6. The Morgan fingerprint density at radius 1 is 1.13 bits per heavy atom. The molecule has 0 spiro atoms. The SMILES string of the molecule is Cc1c(-c2cc3cc(Nc4ccc5c(c4)CN(C)CC5)ncc3c(Cl)c2F)cnc2c1N(C(=O)O)CCO2. The molecule has 0 fully saturated rings. The number of amides is 1. The summed E-state index contributed by atoms with van der Waals surface area (Å²) in [5.41, 5.74) is 5.07. The topological polar surface area (TPSA) is 90.8 Å². The standard InChI is InChI=1S/C28H25ClFN5O3/c1-15-21(12-32-27-26(15)35(28(36)37)7-8-38-27)20-10-17-11-23(31-13-22(17)24(29)25(20)30)33-19-4-3-16-5-6-34(2)14-18(16)9-19/h3-4,9-13H,5-8,14H2,1-2H3,(H,31,33)(H,36,37). The van der Waals surface area contributed by atoms with Crippen LogP contribution in [0, 0.1) is 12.7 Å². The number of benzene rings is 2. The van der Waals surface area contributed by atoms with Gasteiger partial charge in [-0.2, -0.15) is 0 Å². The van der Waals surface area contributed by atoms with Crippen molar-refractivity contribution in [2.75, 3.05) is 37.0 Å². The molecular weight excluding hydrogens is 509 g/mol. The Hall–Kier alpha value is -3.95. The number of likely N-dealkylation sites (N-methyl/N-ethyl adjacent to an activating group) is 1. The van der Waals surface area contributed by atoms with Gasteiger partial charge in [-0.05, 0) is 66.7 Å². The van der Waals surface area contributed by atoms with Crippen molar-refractivity contribution in [3.05, 3.63) is 70.3 Å². The molecule has 0 saturated heterocycles. The second-order valence-electron chi connectivity index (χ2n) is 9.67. The number of nitrogens with zero attached hydrogens (tertiary/aromatic N) is 4. The van der Waals surface area contributed by atoms with Crippen molar-refractivity contribution in [2.24, 2.45) is 0 Å². The van der Waals surface area contributed by atoms with Crippen LogP contribution in [0.2, 0.25) is 5.02 Å². The van der Waals surface area contributed by atoms with E-state index in [1.165, 1.54) is 22.2 Å². The van der Waals surface area contributed by atoms with Crippen LogP contribution in [0.5, 0.6) is 5.88 Å². The number of carbonyl (C=O) groups is 1. The van der Waals surface area contributed by atoms with Gasteiger partial charge in [-0.25, -0.2) is 19.2 Å². The first-order valence-corrected chi connectivity index (χ1v) is 12.7. The molecule has 4 heterocycles. The zero-order chi connectivity index (χ0) is 26.6. The van der Waals surface area contributed by atoms with Crippen LogP contribution in [0.25, 0.3) is 21.9 Å². The lowest BCUT2D eigenvalue weighted by Gasteiger charge is -2.28. The highest BCUT2D eigenvalue weighted by Crippen LogP contribution is 2.42. The average Bonchev–Trinajstić information content (AvgIpc) is 2.90. The maximum Gasteiger partial charge on any atom is 0.412 e. The van der Waals surface area contributed by atoms with Gasteiger partial charge in [-0.1, -0.05) is 17.7 Å². The van der Waals surface area contributed by atoms with E-state index in [1.54, 1.807) is 19.2 Å². The Bertz CT molecular complexity index is 1610.